The number of carbonyl (C=O) groups excluding carboxylic acids is 2. The van der Waals surface area contributed by atoms with Crippen LogP contribution in [0.5, 0.6) is 0 Å². The van der Waals surface area contributed by atoms with E-state index in [1.807, 2.05) is 36.6 Å². The van der Waals surface area contributed by atoms with Gasteiger partial charge in [-0.25, -0.2) is 9.29 Å². The van der Waals surface area contributed by atoms with Gasteiger partial charge in [-0.15, -0.1) is 0 Å². The van der Waals surface area contributed by atoms with Gasteiger partial charge in [-0.1, -0.05) is 12.1 Å². The second-order valence-electron chi connectivity index (χ2n) is 6.78. The van der Waals surface area contributed by atoms with Crippen molar-refractivity contribution in [2.75, 3.05) is 4.90 Å². The van der Waals surface area contributed by atoms with Gasteiger partial charge in [0, 0.05) is 17.6 Å². The van der Waals surface area contributed by atoms with Crippen molar-refractivity contribution in [2.45, 2.75) is 13.8 Å². The van der Waals surface area contributed by atoms with E-state index in [0.717, 1.165) is 22.0 Å². The Kier molecular flexibility index (Phi) is 5.01. The van der Waals surface area contributed by atoms with Crippen LogP contribution in [0, 0.1) is 19.7 Å². The largest absolute Gasteiger partial charge is 0.316 e. The van der Waals surface area contributed by atoms with Crippen LogP contribution in [0.25, 0.3) is 11.8 Å². The molecule has 0 unspecified atom stereocenters. The molecule has 2 aromatic heterocycles. The SMILES string of the molecule is Cc1cc(/C=C2\C(=O)NC(=S)N(c3ccccc3F)C2=O)c(C)n1-c1cccnc1. The van der Waals surface area contributed by atoms with Crippen LogP contribution in [0.1, 0.15) is 17.0 Å². The first kappa shape index (κ1) is 19.7. The number of rotatable bonds is 3. The molecule has 3 aromatic rings. The number of nitrogens with zero attached hydrogens (tertiary/aromatic N) is 3. The summed E-state index contributed by atoms with van der Waals surface area (Å²) in [5.41, 5.74) is 3.16. The summed E-state index contributed by atoms with van der Waals surface area (Å²) in [7, 11) is 0. The minimum Gasteiger partial charge on any atom is -0.316 e. The molecule has 4 rings (SSSR count). The second kappa shape index (κ2) is 7.64. The van der Waals surface area contributed by atoms with Crippen molar-refractivity contribution in [2.24, 2.45) is 0 Å². The lowest BCUT2D eigenvalue weighted by atomic mass is 10.1. The second-order valence-corrected chi connectivity index (χ2v) is 7.17. The number of benzene rings is 1. The standard InChI is InChI=1S/C22H17FN4O2S/c1-13-10-15(14(2)26(13)16-6-5-9-24-12-16)11-17-20(28)25-22(30)27(21(17)29)19-8-4-3-7-18(19)23/h3-12H,1-2H3,(H,25,28,30)/b17-11+. The van der Waals surface area contributed by atoms with Crippen LogP contribution in [0.15, 0.2) is 60.4 Å². The van der Waals surface area contributed by atoms with E-state index < -0.39 is 17.6 Å². The molecule has 1 saturated heterocycles. The molecule has 30 heavy (non-hydrogen) atoms. The van der Waals surface area contributed by atoms with Crippen molar-refractivity contribution in [3.63, 3.8) is 0 Å². The molecule has 1 aliphatic heterocycles. The van der Waals surface area contributed by atoms with Crippen molar-refractivity contribution >= 4 is 40.9 Å². The lowest BCUT2D eigenvalue weighted by Crippen LogP contribution is -2.54. The lowest BCUT2D eigenvalue weighted by molar-refractivity contribution is -0.122. The van der Waals surface area contributed by atoms with Gasteiger partial charge in [-0.2, -0.15) is 0 Å². The van der Waals surface area contributed by atoms with Crippen molar-refractivity contribution in [3.8, 4) is 5.69 Å². The van der Waals surface area contributed by atoms with Crippen molar-refractivity contribution in [1.82, 2.24) is 14.9 Å². The van der Waals surface area contributed by atoms with Gasteiger partial charge in [0.15, 0.2) is 5.11 Å². The summed E-state index contributed by atoms with van der Waals surface area (Å²) in [6.45, 7) is 3.81. The average molecular weight is 420 g/mol. The van der Waals surface area contributed by atoms with Gasteiger partial charge in [0.05, 0.1) is 17.6 Å². The number of thiocarbonyl (C=S) groups is 1. The number of hydrogen-bond donors (Lipinski definition) is 1. The Morgan fingerprint density at radius 3 is 2.60 bits per heavy atom. The number of anilines is 1. The quantitative estimate of drug-likeness (QED) is 0.400. The van der Waals surface area contributed by atoms with Crippen molar-refractivity contribution < 1.29 is 14.0 Å². The monoisotopic (exact) mass is 420 g/mol. The van der Waals surface area contributed by atoms with E-state index in [-0.39, 0.29) is 16.4 Å². The molecule has 150 valence electrons. The third-order valence-corrected chi connectivity index (χ3v) is 5.15. The van der Waals surface area contributed by atoms with E-state index in [1.54, 1.807) is 18.5 Å². The summed E-state index contributed by atoms with van der Waals surface area (Å²) in [5, 5.41) is 2.32. The molecule has 0 saturated carbocycles. The van der Waals surface area contributed by atoms with Gasteiger partial charge in [0.2, 0.25) is 0 Å². The fourth-order valence-corrected chi connectivity index (χ4v) is 3.76. The maximum Gasteiger partial charge on any atom is 0.270 e. The molecular weight excluding hydrogens is 403 g/mol. The van der Waals surface area contributed by atoms with Crippen LogP contribution in [-0.2, 0) is 9.59 Å². The first-order chi connectivity index (χ1) is 14.4. The highest BCUT2D eigenvalue weighted by molar-refractivity contribution is 7.80. The summed E-state index contributed by atoms with van der Waals surface area (Å²) in [5.74, 6) is -1.91. The maximum atomic E-state index is 14.3. The molecule has 1 fully saturated rings. The highest BCUT2D eigenvalue weighted by atomic mass is 32.1. The predicted molar refractivity (Wildman–Crippen MR) is 116 cm³/mol. The fraction of sp³-hybridized carbons (Fsp3) is 0.0909. The van der Waals surface area contributed by atoms with Crippen LogP contribution in [-0.4, -0.2) is 26.5 Å². The van der Waals surface area contributed by atoms with Gasteiger partial charge >= 0.3 is 0 Å². The number of amides is 2. The number of carbonyl (C=O) groups is 2. The van der Waals surface area contributed by atoms with Crippen LogP contribution < -0.4 is 10.2 Å². The Hall–Kier alpha value is -3.65. The third-order valence-electron chi connectivity index (χ3n) is 4.87. The normalized spacial score (nSPS) is 15.6. The maximum absolute atomic E-state index is 14.3. The summed E-state index contributed by atoms with van der Waals surface area (Å²) in [6.07, 6.45) is 4.92. The van der Waals surface area contributed by atoms with E-state index in [9.17, 15) is 14.0 Å². The fourth-order valence-electron chi connectivity index (χ4n) is 3.48. The third kappa shape index (κ3) is 3.31. The number of aromatic nitrogens is 2. The molecule has 1 aliphatic rings. The number of para-hydroxylation sites is 1. The molecule has 0 aliphatic carbocycles. The molecule has 0 atom stereocenters. The Balaban J connectivity index is 1.78. The summed E-state index contributed by atoms with van der Waals surface area (Å²) < 4.78 is 16.3. The Morgan fingerprint density at radius 1 is 1.13 bits per heavy atom. The Morgan fingerprint density at radius 2 is 1.90 bits per heavy atom. The van der Waals surface area contributed by atoms with Crippen molar-refractivity contribution in [3.05, 3.63) is 83.2 Å². The Bertz CT molecular complexity index is 1220. The van der Waals surface area contributed by atoms with E-state index in [4.69, 9.17) is 12.2 Å². The molecule has 0 radical (unpaired) electrons. The number of halogens is 1. The van der Waals surface area contributed by atoms with Gasteiger partial charge in [-0.3, -0.25) is 19.9 Å². The van der Waals surface area contributed by atoms with Crippen LogP contribution in [0.4, 0.5) is 10.1 Å². The first-order valence-electron chi connectivity index (χ1n) is 9.14. The van der Waals surface area contributed by atoms with E-state index >= 15 is 0 Å². The zero-order valence-electron chi connectivity index (χ0n) is 16.2. The molecule has 3 heterocycles. The van der Waals surface area contributed by atoms with Gasteiger partial charge in [0.1, 0.15) is 11.4 Å². The number of aryl methyl sites for hydroxylation is 1. The van der Waals surface area contributed by atoms with Crippen LogP contribution in [0.2, 0.25) is 0 Å². The van der Waals surface area contributed by atoms with Crippen molar-refractivity contribution in [1.29, 1.82) is 0 Å². The molecule has 2 amide bonds. The molecule has 1 N–H and O–H groups in total. The minimum atomic E-state index is -0.681. The molecule has 0 bridgehead atoms. The van der Waals surface area contributed by atoms with Crippen LogP contribution >= 0.6 is 12.2 Å². The average Bonchev–Trinajstić information content (AvgIpc) is 3.00. The van der Waals surface area contributed by atoms with Gasteiger partial charge < -0.3 is 4.57 Å². The number of hydrogen-bond acceptors (Lipinski definition) is 4. The topological polar surface area (TPSA) is 67.2 Å². The molecule has 8 heteroatoms. The Labute approximate surface area is 177 Å². The van der Waals surface area contributed by atoms with E-state index in [1.165, 1.54) is 24.3 Å². The molecule has 0 spiro atoms. The number of nitrogens with one attached hydrogen (secondary N) is 1. The zero-order valence-corrected chi connectivity index (χ0v) is 17.0. The highest BCUT2D eigenvalue weighted by Crippen LogP contribution is 2.27. The minimum absolute atomic E-state index is 0.0146. The van der Waals surface area contributed by atoms with Crippen LogP contribution in [0.3, 0.4) is 0 Å². The summed E-state index contributed by atoms with van der Waals surface area (Å²) in [6, 6.07) is 11.4. The first-order valence-corrected chi connectivity index (χ1v) is 9.54. The molecule has 1 aromatic carbocycles. The molecule has 6 nitrogen and oxygen atoms in total. The van der Waals surface area contributed by atoms with E-state index in [0.29, 0.717) is 5.56 Å². The zero-order chi connectivity index (χ0) is 21.4. The smallest absolute Gasteiger partial charge is 0.270 e. The summed E-state index contributed by atoms with van der Waals surface area (Å²) in [4.78, 5) is 30.8. The predicted octanol–water partition coefficient (Wildman–Crippen LogP) is 3.46. The molecular formula is C22H17FN4O2S. The van der Waals surface area contributed by atoms with Gasteiger partial charge in [0.25, 0.3) is 11.8 Å². The summed E-state index contributed by atoms with van der Waals surface area (Å²) >= 11 is 5.12. The van der Waals surface area contributed by atoms with E-state index in [2.05, 4.69) is 10.3 Å². The lowest BCUT2D eigenvalue weighted by Gasteiger charge is -2.29. The number of pyridine rings is 1. The highest BCUT2D eigenvalue weighted by Gasteiger charge is 2.35. The van der Waals surface area contributed by atoms with Gasteiger partial charge in [-0.05, 0) is 68.0 Å².